The Kier molecular flexibility index (Phi) is 5.82. The summed E-state index contributed by atoms with van der Waals surface area (Å²) in [7, 11) is -1.11. The fourth-order valence-electron chi connectivity index (χ4n) is 1.87. The molecule has 0 spiro atoms. The lowest BCUT2D eigenvalue weighted by Crippen LogP contribution is -2.04. The van der Waals surface area contributed by atoms with Gasteiger partial charge in [0.25, 0.3) is 0 Å². The zero-order chi connectivity index (χ0) is 15.2. The van der Waals surface area contributed by atoms with E-state index in [4.69, 9.17) is 0 Å². The van der Waals surface area contributed by atoms with E-state index in [0.29, 0.717) is 24.2 Å². The Hall–Kier alpha value is -1.33. The molecule has 0 heterocycles. The maximum absolute atomic E-state index is 12.8. The van der Waals surface area contributed by atoms with Gasteiger partial charge in [0.2, 0.25) is 0 Å². The van der Waals surface area contributed by atoms with Gasteiger partial charge in [-0.05, 0) is 48.9 Å². The molecule has 0 aromatic heterocycles. The molecule has 0 aliphatic heterocycles. The summed E-state index contributed by atoms with van der Waals surface area (Å²) in [6, 6.07) is 12.8. The number of benzene rings is 2. The Labute approximate surface area is 134 Å². The molecule has 0 radical (unpaired) electrons. The Morgan fingerprint density at radius 1 is 1.14 bits per heavy atom. The molecule has 1 atom stereocenters. The second-order valence-electron chi connectivity index (χ2n) is 4.54. The molecule has 0 aliphatic rings. The number of halogens is 2. The first-order chi connectivity index (χ1) is 10.1. The first kappa shape index (κ1) is 16.0. The van der Waals surface area contributed by atoms with Crippen molar-refractivity contribution >= 4 is 32.5 Å². The van der Waals surface area contributed by atoms with Crippen molar-refractivity contribution in [3.05, 3.63) is 64.4 Å². The third kappa shape index (κ3) is 4.86. The smallest absolute Gasteiger partial charge is 0.162 e. The zero-order valence-electron chi connectivity index (χ0n) is 11.2. The van der Waals surface area contributed by atoms with E-state index in [1.165, 1.54) is 24.3 Å². The minimum atomic E-state index is -1.11. The Balaban J connectivity index is 1.85. The molecule has 2 rings (SSSR count). The molecule has 5 heteroatoms. The van der Waals surface area contributed by atoms with E-state index in [1.54, 1.807) is 0 Å². The normalized spacial score (nSPS) is 12.1. The quantitative estimate of drug-likeness (QED) is 0.709. The zero-order valence-corrected chi connectivity index (χ0v) is 13.6. The van der Waals surface area contributed by atoms with Crippen molar-refractivity contribution < 1.29 is 13.4 Å². The van der Waals surface area contributed by atoms with Crippen molar-refractivity contribution in [1.82, 2.24) is 0 Å². The topological polar surface area (TPSA) is 34.1 Å². The van der Waals surface area contributed by atoms with Gasteiger partial charge in [-0.15, -0.1) is 0 Å². The van der Waals surface area contributed by atoms with Gasteiger partial charge in [0, 0.05) is 27.1 Å². The first-order valence-corrected chi connectivity index (χ1v) is 8.60. The van der Waals surface area contributed by atoms with Gasteiger partial charge in [-0.25, -0.2) is 4.39 Å². The molecule has 1 unspecified atom stereocenters. The molecule has 110 valence electrons. The fraction of sp³-hybridized carbons (Fsp3) is 0.188. The molecule has 0 saturated heterocycles. The van der Waals surface area contributed by atoms with Gasteiger partial charge in [-0.1, -0.05) is 22.0 Å². The molecule has 2 nitrogen and oxygen atoms in total. The van der Waals surface area contributed by atoms with Crippen LogP contribution in [-0.2, 0) is 10.8 Å². The second kappa shape index (κ2) is 7.61. The van der Waals surface area contributed by atoms with Crippen LogP contribution in [0.2, 0.25) is 0 Å². The molecule has 0 saturated carbocycles. The van der Waals surface area contributed by atoms with E-state index in [1.807, 2.05) is 24.3 Å². The Bertz CT molecular complexity index is 656. The van der Waals surface area contributed by atoms with Crippen molar-refractivity contribution in [2.75, 3.05) is 5.75 Å². The number of hydrogen-bond acceptors (Lipinski definition) is 2. The highest BCUT2D eigenvalue weighted by Crippen LogP contribution is 2.16. The number of Topliss-reactive ketones (excluding diaryl/α,β-unsaturated/α-hetero) is 1. The van der Waals surface area contributed by atoms with Crippen molar-refractivity contribution in [1.29, 1.82) is 0 Å². The van der Waals surface area contributed by atoms with E-state index < -0.39 is 10.8 Å². The van der Waals surface area contributed by atoms with Crippen LogP contribution < -0.4 is 0 Å². The Morgan fingerprint density at radius 2 is 1.86 bits per heavy atom. The molecule has 0 bridgehead atoms. The van der Waals surface area contributed by atoms with Crippen molar-refractivity contribution in [3.63, 3.8) is 0 Å². The molecule has 0 N–H and O–H groups in total. The fourth-order valence-corrected chi connectivity index (χ4v) is 3.55. The van der Waals surface area contributed by atoms with Crippen LogP contribution in [0.15, 0.2) is 57.9 Å². The number of carbonyl (C=O) groups is 1. The molecular weight excluding hydrogens is 355 g/mol. The number of ketones is 1. The van der Waals surface area contributed by atoms with Crippen molar-refractivity contribution in [2.45, 2.75) is 17.7 Å². The van der Waals surface area contributed by atoms with Gasteiger partial charge < -0.3 is 0 Å². The Morgan fingerprint density at radius 3 is 2.52 bits per heavy atom. The van der Waals surface area contributed by atoms with Crippen LogP contribution in [-0.4, -0.2) is 15.7 Å². The molecule has 2 aromatic carbocycles. The van der Waals surface area contributed by atoms with Gasteiger partial charge >= 0.3 is 0 Å². The third-order valence-electron chi connectivity index (χ3n) is 2.96. The summed E-state index contributed by atoms with van der Waals surface area (Å²) < 4.78 is 25.7. The average molecular weight is 369 g/mol. The summed E-state index contributed by atoms with van der Waals surface area (Å²) in [4.78, 5) is 12.6. The number of hydrogen-bond donors (Lipinski definition) is 0. The maximum atomic E-state index is 12.8. The molecular formula is C16H14BrFO2S. The summed E-state index contributed by atoms with van der Waals surface area (Å²) in [5.41, 5.74) is 0.490. The van der Waals surface area contributed by atoms with E-state index in [9.17, 15) is 13.4 Å². The molecule has 21 heavy (non-hydrogen) atoms. The standard InChI is InChI=1S/C16H14BrFO2S/c17-13-3-1-4-15(11-13)21(20)10-2-5-16(19)12-6-8-14(18)9-7-12/h1,3-4,6-9,11H,2,5,10H2. The summed E-state index contributed by atoms with van der Waals surface area (Å²) in [5.74, 6) is 0.0205. The second-order valence-corrected chi connectivity index (χ2v) is 7.03. The minimum absolute atomic E-state index is 0.0544. The van der Waals surface area contributed by atoms with Crippen LogP contribution in [0.25, 0.3) is 0 Å². The first-order valence-electron chi connectivity index (χ1n) is 6.49. The van der Waals surface area contributed by atoms with E-state index >= 15 is 0 Å². The van der Waals surface area contributed by atoms with Crippen molar-refractivity contribution in [2.24, 2.45) is 0 Å². The molecule has 2 aromatic rings. The summed E-state index contributed by atoms with van der Waals surface area (Å²) in [6.45, 7) is 0. The van der Waals surface area contributed by atoms with Gasteiger partial charge in [-0.2, -0.15) is 0 Å². The summed E-state index contributed by atoms with van der Waals surface area (Å²) >= 11 is 3.34. The van der Waals surface area contributed by atoms with Crippen molar-refractivity contribution in [3.8, 4) is 0 Å². The van der Waals surface area contributed by atoms with E-state index in [0.717, 1.165) is 9.37 Å². The summed E-state index contributed by atoms with van der Waals surface area (Å²) in [5, 5.41) is 0. The predicted molar refractivity (Wildman–Crippen MR) is 85.4 cm³/mol. The average Bonchev–Trinajstić information content (AvgIpc) is 2.47. The minimum Gasteiger partial charge on any atom is -0.294 e. The van der Waals surface area contributed by atoms with Gasteiger partial charge in [0.1, 0.15) is 5.82 Å². The van der Waals surface area contributed by atoms with Crippen LogP contribution in [0.4, 0.5) is 4.39 Å². The van der Waals surface area contributed by atoms with Crippen LogP contribution in [0.3, 0.4) is 0 Å². The number of rotatable bonds is 6. The third-order valence-corrected chi connectivity index (χ3v) is 4.89. The lowest BCUT2D eigenvalue weighted by atomic mass is 10.1. The summed E-state index contributed by atoms with van der Waals surface area (Å²) in [6.07, 6.45) is 0.848. The monoisotopic (exact) mass is 368 g/mol. The number of carbonyl (C=O) groups excluding carboxylic acids is 1. The highest BCUT2D eigenvalue weighted by molar-refractivity contribution is 9.10. The molecule has 0 aliphatic carbocycles. The predicted octanol–water partition coefficient (Wildman–Crippen LogP) is 4.36. The highest BCUT2D eigenvalue weighted by Gasteiger charge is 2.09. The lowest BCUT2D eigenvalue weighted by Gasteiger charge is -2.03. The lowest BCUT2D eigenvalue weighted by molar-refractivity contribution is 0.0982. The maximum Gasteiger partial charge on any atom is 0.162 e. The van der Waals surface area contributed by atoms with E-state index in [2.05, 4.69) is 15.9 Å². The van der Waals surface area contributed by atoms with Crippen LogP contribution >= 0.6 is 15.9 Å². The SMILES string of the molecule is O=C(CCCS(=O)c1cccc(Br)c1)c1ccc(F)cc1. The molecule has 0 amide bonds. The van der Waals surface area contributed by atoms with Crippen LogP contribution in [0.5, 0.6) is 0 Å². The molecule has 0 fully saturated rings. The largest absolute Gasteiger partial charge is 0.294 e. The highest BCUT2D eigenvalue weighted by atomic mass is 79.9. The van der Waals surface area contributed by atoms with Gasteiger partial charge in [0.15, 0.2) is 5.78 Å². The van der Waals surface area contributed by atoms with Crippen LogP contribution in [0, 0.1) is 5.82 Å². The van der Waals surface area contributed by atoms with Crippen LogP contribution in [0.1, 0.15) is 23.2 Å². The van der Waals surface area contributed by atoms with Gasteiger partial charge in [0.05, 0.1) is 10.8 Å². The van der Waals surface area contributed by atoms with E-state index in [-0.39, 0.29) is 11.6 Å². The van der Waals surface area contributed by atoms with Gasteiger partial charge in [-0.3, -0.25) is 9.00 Å².